The van der Waals surface area contributed by atoms with Crippen molar-refractivity contribution in [3.05, 3.63) is 11.5 Å². The van der Waals surface area contributed by atoms with Crippen LogP contribution in [0.3, 0.4) is 0 Å². The molecule has 2 saturated heterocycles. The van der Waals surface area contributed by atoms with E-state index in [4.69, 9.17) is 11.6 Å². The summed E-state index contributed by atoms with van der Waals surface area (Å²) in [5.41, 5.74) is 0.828. The van der Waals surface area contributed by atoms with Gasteiger partial charge in [-0.3, -0.25) is 4.90 Å². The van der Waals surface area contributed by atoms with Gasteiger partial charge in [-0.15, -0.1) is 0 Å². The molecule has 0 spiro atoms. The van der Waals surface area contributed by atoms with Crippen LogP contribution in [0, 0.1) is 0 Å². The van der Waals surface area contributed by atoms with Crippen molar-refractivity contribution in [2.75, 3.05) is 63.6 Å². The van der Waals surface area contributed by atoms with Gasteiger partial charge in [0.15, 0.2) is 11.0 Å². The lowest BCUT2D eigenvalue weighted by molar-refractivity contribution is 0.124. The zero-order valence-electron chi connectivity index (χ0n) is 14.1. The molecule has 1 unspecified atom stereocenters. The Morgan fingerprint density at radius 2 is 1.96 bits per heavy atom. The molecular formula is C16H27ClN6. The van der Waals surface area contributed by atoms with Crippen molar-refractivity contribution in [2.24, 2.45) is 0 Å². The summed E-state index contributed by atoms with van der Waals surface area (Å²) in [4.78, 5) is 15.9. The van der Waals surface area contributed by atoms with E-state index in [0.29, 0.717) is 5.15 Å². The Kier molecular flexibility index (Phi) is 5.56. The maximum Gasteiger partial charge on any atom is 0.157 e. The first kappa shape index (κ1) is 16.7. The summed E-state index contributed by atoms with van der Waals surface area (Å²) in [6, 6.07) is 0.719. The molecule has 6 nitrogen and oxygen atoms in total. The van der Waals surface area contributed by atoms with E-state index in [1.807, 2.05) is 7.05 Å². The van der Waals surface area contributed by atoms with Crippen LogP contribution in [0.25, 0.3) is 0 Å². The van der Waals surface area contributed by atoms with Crippen molar-refractivity contribution in [3.8, 4) is 0 Å². The topological polar surface area (TPSA) is 47.5 Å². The molecule has 7 heteroatoms. The minimum atomic E-state index is 0.490. The minimum Gasteiger partial charge on any atom is -0.383 e. The van der Waals surface area contributed by atoms with Crippen LogP contribution in [0.5, 0.6) is 0 Å². The van der Waals surface area contributed by atoms with Gasteiger partial charge in [-0.05, 0) is 26.4 Å². The van der Waals surface area contributed by atoms with Gasteiger partial charge in [0, 0.05) is 45.8 Å². The number of nitrogens with zero attached hydrogens (tertiary/aromatic N) is 5. The highest BCUT2D eigenvalue weighted by atomic mass is 35.5. The van der Waals surface area contributed by atoms with Crippen LogP contribution in [-0.2, 0) is 0 Å². The van der Waals surface area contributed by atoms with Crippen LogP contribution in [-0.4, -0.2) is 79.2 Å². The lowest BCUT2D eigenvalue weighted by Crippen LogP contribution is -2.52. The van der Waals surface area contributed by atoms with E-state index in [2.05, 4.69) is 37.0 Å². The van der Waals surface area contributed by atoms with Gasteiger partial charge in [0.2, 0.25) is 0 Å². The molecule has 2 fully saturated rings. The van der Waals surface area contributed by atoms with E-state index in [0.717, 1.165) is 43.7 Å². The maximum absolute atomic E-state index is 6.17. The van der Waals surface area contributed by atoms with Gasteiger partial charge in [0.25, 0.3) is 0 Å². The average Bonchev–Trinajstić information content (AvgIpc) is 2.57. The summed E-state index contributed by atoms with van der Waals surface area (Å²) in [5, 5.41) is 3.61. The third-order valence-electron chi connectivity index (χ3n) is 5.09. The van der Waals surface area contributed by atoms with Gasteiger partial charge in [-0.2, -0.15) is 0 Å². The summed E-state index contributed by atoms with van der Waals surface area (Å²) in [6.07, 6.45) is 5.60. The lowest BCUT2D eigenvalue weighted by atomic mass is 10.0. The quantitative estimate of drug-likeness (QED) is 0.844. The van der Waals surface area contributed by atoms with E-state index in [9.17, 15) is 0 Å². The van der Waals surface area contributed by atoms with Gasteiger partial charge in [0.1, 0.15) is 12.0 Å². The smallest absolute Gasteiger partial charge is 0.157 e. The van der Waals surface area contributed by atoms with E-state index in [1.165, 1.54) is 32.4 Å². The predicted octanol–water partition coefficient (Wildman–Crippen LogP) is 1.78. The van der Waals surface area contributed by atoms with Gasteiger partial charge in [0.05, 0.1) is 0 Å². The predicted molar refractivity (Wildman–Crippen MR) is 95.5 cm³/mol. The van der Waals surface area contributed by atoms with Crippen LogP contribution in [0.4, 0.5) is 11.5 Å². The molecule has 2 aliphatic rings. The molecule has 1 N–H and O–H groups in total. The van der Waals surface area contributed by atoms with Crippen molar-refractivity contribution in [1.82, 2.24) is 19.8 Å². The summed E-state index contributed by atoms with van der Waals surface area (Å²) >= 11 is 6.17. The molecule has 2 aliphatic heterocycles. The van der Waals surface area contributed by atoms with Crippen molar-refractivity contribution in [3.63, 3.8) is 0 Å². The first-order valence-electron chi connectivity index (χ1n) is 8.55. The van der Waals surface area contributed by atoms with Crippen molar-refractivity contribution >= 4 is 23.1 Å². The number of halogens is 1. The molecule has 3 rings (SSSR count). The van der Waals surface area contributed by atoms with Gasteiger partial charge in [-0.25, -0.2) is 9.97 Å². The third kappa shape index (κ3) is 3.87. The number of piperidine rings is 1. The van der Waals surface area contributed by atoms with E-state index >= 15 is 0 Å². The second-order valence-electron chi connectivity index (χ2n) is 6.53. The number of likely N-dealkylation sites (N-methyl/N-ethyl adjacent to an activating group) is 1. The van der Waals surface area contributed by atoms with Crippen LogP contribution < -0.4 is 10.2 Å². The monoisotopic (exact) mass is 338 g/mol. The van der Waals surface area contributed by atoms with Crippen LogP contribution in [0.2, 0.25) is 5.15 Å². The number of nitrogens with one attached hydrogen (secondary N) is 1. The molecule has 1 atom stereocenters. The van der Waals surface area contributed by atoms with E-state index < -0.39 is 0 Å². The number of anilines is 2. The van der Waals surface area contributed by atoms with Crippen molar-refractivity contribution < 1.29 is 0 Å². The van der Waals surface area contributed by atoms with Crippen molar-refractivity contribution in [2.45, 2.75) is 25.3 Å². The molecule has 3 heterocycles. The Balaban J connectivity index is 1.57. The number of likely N-dealkylation sites (tertiary alicyclic amines) is 1. The Morgan fingerprint density at radius 1 is 1.17 bits per heavy atom. The summed E-state index contributed by atoms with van der Waals surface area (Å²) in [6.45, 7) is 6.56. The van der Waals surface area contributed by atoms with Crippen LogP contribution in [0.15, 0.2) is 6.33 Å². The standard InChI is InChI=1S/C16H27ClN6/c1-18-14-15(17)19-12-20-16(14)23-9-7-22(8-10-23)11-13-5-3-4-6-21(13)2/h12-13,18H,3-11H2,1-2H3. The molecule has 0 aromatic carbocycles. The number of aromatic nitrogens is 2. The molecule has 0 amide bonds. The third-order valence-corrected chi connectivity index (χ3v) is 5.38. The van der Waals surface area contributed by atoms with Gasteiger partial charge < -0.3 is 15.1 Å². The average molecular weight is 339 g/mol. The van der Waals surface area contributed by atoms with Crippen LogP contribution >= 0.6 is 11.6 Å². The Morgan fingerprint density at radius 3 is 2.65 bits per heavy atom. The highest BCUT2D eigenvalue weighted by Gasteiger charge is 2.25. The summed E-state index contributed by atoms with van der Waals surface area (Å²) in [7, 11) is 4.13. The normalized spacial score (nSPS) is 24.0. The molecule has 0 aliphatic carbocycles. The van der Waals surface area contributed by atoms with Gasteiger partial charge >= 0.3 is 0 Å². The number of hydrogen-bond acceptors (Lipinski definition) is 6. The SMILES string of the molecule is CNc1c(Cl)ncnc1N1CCN(CC2CCCCN2C)CC1. The maximum atomic E-state index is 6.17. The van der Waals surface area contributed by atoms with Crippen molar-refractivity contribution in [1.29, 1.82) is 0 Å². The number of piperazine rings is 1. The molecule has 0 radical (unpaired) electrons. The molecular weight excluding hydrogens is 312 g/mol. The second kappa shape index (κ2) is 7.64. The second-order valence-corrected chi connectivity index (χ2v) is 6.89. The molecule has 0 saturated carbocycles. The first-order chi connectivity index (χ1) is 11.2. The summed E-state index contributed by atoms with van der Waals surface area (Å²) in [5.74, 6) is 0.918. The highest BCUT2D eigenvalue weighted by Crippen LogP contribution is 2.29. The fourth-order valence-corrected chi connectivity index (χ4v) is 3.85. The zero-order valence-corrected chi connectivity index (χ0v) is 14.9. The Hall–Kier alpha value is -1.11. The Labute approximate surface area is 143 Å². The molecule has 1 aromatic rings. The number of hydrogen-bond donors (Lipinski definition) is 1. The summed E-state index contributed by atoms with van der Waals surface area (Å²) < 4.78 is 0. The minimum absolute atomic E-state index is 0.490. The lowest BCUT2D eigenvalue weighted by Gasteiger charge is -2.40. The highest BCUT2D eigenvalue weighted by molar-refractivity contribution is 6.32. The van der Waals surface area contributed by atoms with E-state index in [-0.39, 0.29) is 0 Å². The van der Waals surface area contributed by atoms with E-state index in [1.54, 1.807) is 6.33 Å². The number of rotatable bonds is 4. The molecule has 1 aromatic heterocycles. The fraction of sp³-hybridized carbons (Fsp3) is 0.750. The molecule has 128 valence electrons. The fourth-order valence-electron chi connectivity index (χ4n) is 3.63. The Bertz CT molecular complexity index is 517. The zero-order chi connectivity index (χ0) is 16.2. The molecule has 23 heavy (non-hydrogen) atoms. The largest absolute Gasteiger partial charge is 0.383 e. The first-order valence-corrected chi connectivity index (χ1v) is 8.92. The van der Waals surface area contributed by atoms with Gasteiger partial charge in [-0.1, -0.05) is 18.0 Å². The van der Waals surface area contributed by atoms with Crippen LogP contribution in [0.1, 0.15) is 19.3 Å². The molecule has 0 bridgehead atoms.